The topological polar surface area (TPSA) is 58.9 Å². The van der Waals surface area contributed by atoms with Crippen LogP contribution in [0, 0.1) is 0 Å². The van der Waals surface area contributed by atoms with Crippen molar-refractivity contribution in [1.82, 2.24) is 30.4 Å². The molecule has 0 spiro atoms. The second-order valence-electron chi connectivity index (χ2n) is 6.17. The second-order valence-corrected chi connectivity index (χ2v) is 6.17. The maximum Gasteiger partial charge on any atom is 0.188 e. The molecule has 0 radical (unpaired) electrons. The van der Waals surface area contributed by atoms with Gasteiger partial charge in [-0.3, -0.25) is 4.90 Å². The fraction of sp³-hybridized carbons (Fsp3) is 0.923. The van der Waals surface area contributed by atoms with Gasteiger partial charge in [0.15, 0.2) is 5.82 Å². The second kappa shape index (κ2) is 5.17. The summed E-state index contributed by atoms with van der Waals surface area (Å²) < 4.78 is 0. The third kappa shape index (κ3) is 2.95. The molecule has 1 saturated heterocycles. The molecular weight excluding hydrogens is 240 g/mol. The molecule has 1 aliphatic heterocycles. The number of aryl methyl sites for hydroxylation is 1. The molecule has 0 bridgehead atoms. The first-order valence-corrected chi connectivity index (χ1v) is 7.14. The van der Waals surface area contributed by atoms with Gasteiger partial charge in [0.05, 0.1) is 13.6 Å². The summed E-state index contributed by atoms with van der Waals surface area (Å²) in [6.45, 7) is 11.9. The third-order valence-electron chi connectivity index (χ3n) is 4.62. The molecule has 6 heteroatoms. The molecule has 6 nitrogen and oxygen atoms in total. The van der Waals surface area contributed by atoms with E-state index in [1.807, 2.05) is 7.05 Å². The highest BCUT2D eigenvalue weighted by Crippen LogP contribution is 2.29. The number of hydrogen-bond donors (Lipinski definition) is 1. The smallest absolute Gasteiger partial charge is 0.188 e. The van der Waals surface area contributed by atoms with Crippen LogP contribution in [0.15, 0.2) is 0 Å². The summed E-state index contributed by atoms with van der Waals surface area (Å²) in [5.41, 5.74) is 0.338. The van der Waals surface area contributed by atoms with E-state index in [-0.39, 0.29) is 11.1 Å². The van der Waals surface area contributed by atoms with E-state index in [4.69, 9.17) is 0 Å². The van der Waals surface area contributed by atoms with Crippen LogP contribution in [0.5, 0.6) is 0 Å². The summed E-state index contributed by atoms with van der Waals surface area (Å²) in [5.74, 6) is 0.808. The van der Waals surface area contributed by atoms with Crippen molar-refractivity contribution in [3.63, 3.8) is 0 Å². The molecule has 1 aliphatic rings. The molecule has 1 aromatic heterocycles. The minimum absolute atomic E-state index is 0.161. The zero-order valence-corrected chi connectivity index (χ0v) is 12.8. The van der Waals surface area contributed by atoms with Gasteiger partial charge in [0, 0.05) is 24.2 Å². The minimum atomic E-state index is 0.161. The first-order valence-electron chi connectivity index (χ1n) is 7.14. The predicted octanol–water partition coefficient (Wildman–Crippen LogP) is 0.953. The molecule has 108 valence electrons. The van der Waals surface area contributed by atoms with Gasteiger partial charge in [-0.2, -0.15) is 4.80 Å². The summed E-state index contributed by atoms with van der Waals surface area (Å²) in [7, 11) is 1.81. The zero-order valence-electron chi connectivity index (χ0n) is 12.8. The van der Waals surface area contributed by atoms with Crippen LogP contribution in [0.2, 0.25) is 0 Å². The molecule has 0 aromatic carbocycles. The largest absolute Gasteiger partial charge is 0.308 e. The fourth-order valence-corrected chi connectivity index (χ4v) is 2.57. The minimum Gasteiger partial charge on any atom is -0.308 e. The summed E-state index contributed by atoms with van der Waals surface area (Å²) in [5, 5.41) is 16.1. The Morgan fingerprint density at radius 1 is 1.26 bits per heavy atom. The Kier molecular flexibility index (Phi) is 3.92. The zero-order chi connectivity index (χ0) is 14.1. The monoisotopic (exact) mass is 266 g/mol. The van der Waals surface area contributed by atoms with Crippen LogP contribution in [0.3, 0.4) is 0 Å². The Balaban J connectivity index is 2.16. The lowest BCUT2D eigenvalue weighted by molar-refractivity contribution is 0.00853. The van der Waals surface area contributed by atoms with Crippen LogP contribution >= 0.6 is 0 Å². The van der Waals surface area contributed by atoms with Crippen molar-refractivity contribution < 1.29 is 0 Å². The van der Waals surface area contributed by atoms with Crippen LogP contribution in [-0.4, -0.2) is 49.3 Å². The highest BCUT2D eigenvalue weighted by atomic mass is 15.6. The summed E-state index contributed by atoms with van der Waals surface area (Å²) in [6, 6.07) is 0. The van der Waals surface area contributed by atoms with Crippen molar-refractivity contribution in [2.75, 3.05) is 13.1 Å². The van der Waals surface area contributed by atoms with E-state index in [1.54, 1.807) is 0 Å². The summed E-state index contributed by atoms with van der Waals surface area (Å²) in [6.07, 6.45) is 2.23. The lowest BCUT2D eigenvalue weighted by atomic mass is 9.85. The number of hydrogen-bond acceptors (Lipinski definition) is 5. The van der Waals surface area contributed by atoms with Crippen molar-refractivity contribution in [1.29, 1.82) is 0 Å². The standard InChI is InChI=1S/C13H26N6/c1-6-12(3)10-19(13(4,7-2)9-14-12)8-11-15-17-18(5)16-11/h14H,6-10H2,1-5H3. The predicted molar refractivity (Wildman–Crippen MR) is 74.6 cm³/mol. The highest BCUT2D eigenvalue weighted by molar-refractivity contribution is 5.01. The van der Waals surface area contributed by atoms with Crippen LogP contribution < -0.4 is 5.32 Å². The van der Waals surface area contributed by atoms with E-state index in [1.165, 1.54) is 4.80 Å². The molecule has 2 heterocycles. The molecule has 0 saturated carbocycles. The van der Waals surface area contributed by atoms with Crippen LogP contribution in [-0.2, 0) is 13.6 Å². The molecular formula is C13H26N6. The fourth-order valence-electron chi connectivity index (χ4n) is 2.57. The van der Waals surface area contributed by atoms with E-state index in [2.05, 4.69) is 53.3 Å². The lowest BCUT2D eigenvalue weighted by Crippen LogP contribution is -2.67. The van der Waals surface area contributed by atoms with Gasteiger partial charge < -0.3 is 5.32 Å². The van der Waals surface area contributed by atoms with Crippen molar-refractivity contribution in [2.45, 2.75) is 58.2 Å². The molecule has 0 amide bonds. The third-order valence-corrected chi connectivity index (χ3v) is 4.62. The Hall–Kier alpha value is -1.01. The molecule has 1 fully saturated rings. The van der Waals surface area contributed by atoms with Crippen LogP contribution in [0.25, 0.3) is 0 Å². The van der Waals surface area contributed by atoms with Crippen molar-refractivity contribution in [3.8, 4) is 0 Å². The summed E-state index contributed by atoms with van der Waals surface area (Å²) in [4.78, 5) is 4.03. The number of rotatable bonds is 4. The summed E-state index contributed by atoms with van der Waals surface area (Å²) >= 11 is 0. The van der Waals surface area contributed by atoms with Crippen molar-refractivity contribution >= 4 is 0 Å². The van der Waals surface area contributed by atoms with Gasteiger partial charge in [0.1, 0.15) is 0 Å². The Bertz CT molecular complexity index is 431. The average Bonchev–Trinajstić information content (AvgIpc) is 2.80. The molecule has 2 rings (SSSR count). The molecule has 2 unspecified atom stereocenters. The molecule has 0 aliphatic carbocycles. The van der Waals surface area contributed by atoms with Gasteiger partial charge in [-0.25, -0.2) is 0 Å². The molecule has 1 aromatic rings. The van der Waals surface area contributed by atoms with Crippen molar-refractivity contribution in [2.24, 2.45) is 7.05 Å². The maximum atomic E-state index is 4.31. The SMILES string of the molecule is CCC1(C)CN(Cc2nnn(C)n2)C(C)(CC)CN1. The maximum absolute atomic E-state index is 4.31. The van der Waals surface area contributed by atoms with E-state index < -0.39 is 0 Å². The molecule has 2 atom stereocenters. The van der Waals surface area contributed by atoms with Crippen LogP contribution in [0.1, 0.15) is 46.4 Å². The van der Waals surface area contributed by atoms with E-state index >= 15 is 0 Å². The Morgan fingerprint density at radius 2 is 2.00 bits per heavy atom. The Labute approximate surface area is 115 Å². The number of piperazine rings is 1. The van der Waals surface area contributed by atoms with E-state index in [0.717, 1.165) is 38.3 Å². The number of nitrogens with zero attached hydrogens (tertiary/aromatic N) is 5. The first kappa shape index (κ1) is 14.4. The molecule has 1 N–H and O–H groups in total. The Morgan fingerprint density at radius 3 is 2.53 bits per heavy atom. The highest BCUT2D eigenvalue weighted by Gasteiger charge is 2.41. The van der Waals surface area contributed by atoms with Gasteiger partial charge in [-0.15, -0.1) is 10.2 Å². The molecule has 19 heavy (non-hydrogen) atoms. The van der Waals surface area contributed by atoms with E-state index in [9.17, 15) is 0 Å². The first-order chi connectivity index (χ1) is 8.91. The number of tetrazole rings is 1. The number of nitrogens with one attached hydrogen (secondary N) is 1. The quantitative estimate of drug-likeness (QED) is 0.879. The number of aromatic nitrogens is 4. The average molecular weight is 266 g/mol. The normalized spacial score (nSPS) is 32.7. The van der Waals surface area contributed by atoms with Gasteiger partial charge >= 0.3 is 0 Å². The van der Waals surface area contributed by atoms with Gasteiger partial charge in [0.2, 0.25) is 0 Å². The van der Waals surface area contributed by atoms with Gasteiger partial charge in [-0.1, -0.05) is 13.8 Å². The lowest BCUT2D eigenvalue weighted by Gasteiger charge is -2.51. The van der Waals surface area contributed by atoms with Crippen molar-refractivity contribution in [3.05, 3.63) is 5.82 Å². The van der Waals surface area contributed by atoms with E-state index in [0.29, 0.717) is 0 Å². The van der Waals surface area contributed by atoms with Gasteiger partial charge in [0.25, 0.3) is 0 Å². The van der Waals surface area contributed by atoms with Gasteiger partial charge in [-0.05, 0) is 31.9 Å². The van der Waals surface area contributed by atoms with Crippen LogP contribution in [0.4, 0.5) is 0 Å².